The third-order valence-corrected chi connectivity index (χ3v) is 3.96. The van der Waals surface area contributed by atoms with E-state index in [0.29, 0.717) is 57.2 Å². The molecule has 0 saturated carbocycles. The van der Waals surface area contributed by atoms with Crippen LogP contribution in [0.3, 0.4) is 0 Å². The van der Waals surface area contributed by atoms with Gasteiger partial charge in [-0.25, -0.2) is 9.18 Å². The van der Waals surface area contributed by atoms with Gasteiger partial charge in [-0.2, -0.15) is 0 Å². The molecule has 0 radical (unpaired) electrons. The number of nitrogens with two attached hydrogens (primary N) is 1. The quantitative estimate of drug-likeness (QED) is 0.909. The van der Waals surface area contributed by atoms with E-state index in [9.17, 15) is 9.18 Å². The van der Waals surface area contributed by atoms with E-state index in [1.54, 1.807) is 12.1 Å². The highest BCUT2D eigenvalue weighted by molar-refractivity contribution is 5.90. The number of benzene rings is 1. The van der Waals surface area contributed by atoms with Gasteiger partial charge >= 0.3 is 6.09 Å². The van der Waals surface area contributed by atoms with Crippen molar-refractivity contribution < 1.29 is 18.7 Å². The predicted octanol–water partition coefficient (Wildman–Crippen LogP) is 1.34. The molecular weight excluding hydrogens is 289 g/mol. The van der Waals surface area contributed by atoms with E-state index in [2.05, 4.69) is 0 Å². The van der Waals surface area contributed by atoms with Gasteiger partial charge in [-0.1, -0.05) is 0 Å². The zero-order valence-corrected chi connectivity index (χ0v) is 12.3. The summed E-state index contributed by atoms with van der Waals surface area (Å²) in [6.45, 7) is 3.39. The maximum absolute atomic E-state index is 14.4. The molecule has 120 valence electrons. The van der Waals surface area contributed by atoms with Crippen LogP contribution >= 0.6 is 0 Å². The lowest BCUT2D eigenvalue weighted by atomic mass is 10.2. The Morgan fingerprint density at radius 1 is 1.32 bits per heavy atom. The summed E-state index contributed by atoms with van der Waals surface area (Å²) in [6.07, 6.45) is -0.0622. The van der Waals surface area contributed by atoms with Crippen molar-refractivity contribution in [3.05, 3.63) is 24.0 Å². The van der Waals surface area contributed by atoms with Crippen LogP contribution in [0, 0.1) is 5.82 Å². The number of halogens is 1. The zero-order valence-electron chi connectivity index (χ0n) is 12.3. The van der Waals surface area contributed by atoms with E-state index < -0.39 is 6.09 Å². The second-order valence-electron chi connectivity index (χ2n) is 5.43. The van der Waals surface area contributed by atoms with Gasteiger partial charge in [-0.3, -0.25) is 4.90 Å². The Morgan fingerprint density at radius 2 is 2.09 bits per heavy atom. The molecule has 22 heavy (non-hydrogen) atoms. The molecule has 0 unspecified atom stereocenters. The molecule has 2 aliphatic rings. The van der Waals surface area contributed by atoms with Crippen molar-refractivity contribution >= 4 is 17.5 Å². The van der Waals surface area contributed by atoms with Crippen LogP contribution in [-0.2, 0) is 9.47 Å². The summed E-state index contributed by atoms with van der Waals surface area (Å²) < 4.78 is 24.9. The minimum Gasteiger partial charge on any atom is -0.444 e. The number of rotatable bonds is 4. The second kappa shape index (κ2) is 6.50. The molecule has 7 heteroatoms. The summed E-state index contributed by atoms with van der Waals surface area (Å²) in [5.74, 6) is -0.338. The molecule has 1 aromatic rings. The first-order valence-electron chi connectivity index (χ1n) is 7.49. The smallest absolute Gasteiger partial charge is 0.414 e. The van der Waals surface area contributed by atoms with Crippen LogP contribution in [0.15, 0.2) is 18.2 Å². The molecule has 1 amide bonds. The minimum absolute atomic E-state index is 0.223. The lowest BCUT2D eigenvalue weighted by molar-refractivity contribution is 0.122. The van der Waals surface area contributed by atoms with E-state index in [4.69, 9.17) is 15.2 Å². The van der Waals surface area contributed by atoms with E-state index in [0.717, 1.165) is 0 Å². The van der Waals surface area contributed by atoms with Crippen molar-refractivity contribution in [2.45, 2.75) is 12.5 Å². The van der Waals surface area contributed by atoms with Crippen molar-refractivity contribution in [1.29, 1.82) is 0 Å². The van der Waals surface area contributed by atoms with Crippen LogP contribution in [-0.4, -0.2) is 51.6 Å². The number of cyclic esters (lactones) is 1. The number of carbonyl (C=O) groups is 1. The van der Waals surface area contributed by atoms with Gasteiger partial charge in [0, 0.05) is 13.1 Å². The molecule has 0 aromatic heterocycles. The van der Waals surface area contributed by atoms with Crippen LogP contribution in [0.4, 0.5) is 20.6 Å². The van der Waals surface area contributed by atoms with Gasteiger partial charge < -0.3 is 20.1 Å². The normalized spacial score (nSPS) is 22.1. The van der Waals surface area contributed by atoms with Crippen LogP contribution < -0.4 is 15.5 Å². The molecule has 2 saturated heterocycles. The highest BCUT2D eigenvalue weighted by atomic mass is 19.1. The summed E-state index contributed by atoms with van der Waals surface area (Å²) in [5.41, 5.74) is 6.53. The average molecular weight is 309 g/mol. The average Bonchev–Trinajstić information content (AvgIpc) is 2.89. The standard InChI is InChI=1S/C15H20FN3O3/c16-13-9-11(19-10-12(3-4-17)22-15(19)20)1-2-14(13)18-5-7-21-8-6-18/h1-2,9,12H,3-8,10,17H2/t12-/m1/s1. The molecule has 2 heterocycles. The van der Waals surface area contributed by atoms with Gasteiger partial charge in [0.25, 0.3) is 0 Å². The highest BCUT2D eigenvalue weighted by Crippen LogP contribution is 2.28. The van der Waals surface area contributed by atoms with E-state index >= 15 is 0 Å². The van der Waals surface area contributed by atoms with Gasteiger partial charge in [0.05, 0.1) is 31.1 Å². The van der Waals surface area contributed by atoms with Crippen molar-refractivity contribution in [1.82, 2.24) is 0 Å². The van der Waals surface area contributed by atoms with Crippen molar-refractivity contribution in [3.8, 4) is 0 Å². The Bertz CT molecular complexity index is 549. The van der Waals surface area contributed by atoms with Gasteiger partial charge in [0.15, 0.2) is 0 Å². The van der Waals surface area contributed by atoms with Crippen molar-refractivity contribution in [2.24, 2.45) is 5.73 Å². The number of amides is 1. The summed E-state index contributed by atoms with van der Waals surface area (Å²) in [5, 5.41) is 0. The van der Waals surface area contributed by atoms with Crippen LogP contribution in [0.1, 0.15) is 6.42 Å². The fourth-order valence-corrected chi connectivity index (χ4v) is 2.79. The maximum atomic E-state index is 14.4. The number of ether oxygens (including phenoxy) is 2. The topological polar surface area (TPSA) is 68.0 Å². The summed E-state index contributed by atoms with van der Waals surface area (Å²) in [4.78, 5) is 15.3. The lowest BCUT2D eigenvalue weighted by Crippen LogP contribution is -2.36. The molecule has 3 rings (SSSR count). The number of anilines is 2. The monoisotopic (exact) mass is 309 g/mol. The molecule has 2 N–H and O–H groups in total. The van der Waals surface area contributed by atoms with Crippen molar-refractivity contribution in [2.75, 3.05) is 49.2 Å². The highest BCUT2D eigenvalue weighted by Gasteiger charge is 2.32. The molecule has 2 fully saturated rings. The fourth-order valence-electron chi connectivity index (χ4n) is 2.79. The number of morpholine rings is 1. The first kappa shape index (κ1) is 15.1. The summed E-state index contributed by atoms with van der Waals surface area (Å²) in [7, 11) is 0. The predicted molar refractivity (Wildman–Crippen MR) is 80.7 cm³/mol. The number of hydrogen-bond donors (Lipinski definition) is 1. The Balaban J connectivity index is 1.75. The Morgan fingerprint density at radius 3 is 2.77 bits per heavy atom. The van der Waals surface area contributed by atoms with E-state index in [-0.39, 0.29) is 11.9 Å². The summed E-state index contributed by atoms with van der Waals surface area (Å²) >= 11 is 0. The molecule has 0 bridgehead atoms. The molecule has 0 spiro atoms. The maximum Gasteiger partial charge on any atom is 0.414 e. The van der Waals surface area contributed by atoms with Crippen LogP contribution in [0.5, 0.6) is 0 Å². The molecule has 6 nitrogen and oxygen atoms in total. The number of carbonyl (C=O) groups excluding carboxylic acids is 1. The SMILES string of the molecule is NCC[C@@H]1CN(c2ccc(N3CCOCC3)c(F)c2)C(=O)O1. The lowest BCUT2D eigenvalue weighted by Gasteiger charge is -2.29. The number of hydrogen-bond acceptors (Lipinski definition) is 5. The van der Waals surface area contributed by atoms with Crippen LogP contribution in [0.25, 0.3) is 0 Å². The third kappa shape index (κ3) is 3.00. The minimum atomic E-state index is -0.447. The first-order chi connectivity index (χ1) is 10.7. The molecular formula is C15H20FN3O3. The Hall–Kier alpha value is -1.86. The molecule has 2 aliphatic heterocycles. The molecule has 1 aromatic carbocycles. The first-order valence-corrected chi connectivity index (χ1v) is 7.49. The summed E-state index contributed by atoms with van der Waals surface area (Å²) in [6, 6.07) is 4.84. The van der Waals surface area contributed by atoms with E-state index in [1.165, 1.54) is 11.0 Å². The van der Waals surface area contributed by atoms with Gasteiger partial charge in [0.2, 0.25) is 0 Å². The van der Waals surface area contributed by atoms with Crippen LogP contribution in [0.2, 0.25) is 0 Å². The Labute approximate surface area is 128 Å². The fraction of sp³-hybridized carbons (Fsp3) is 0.533. The molecule has 1 atom stereocenters. The number of nitrogens with zero attached hydrogens (tertiary/aromatic N) is 2. The largest absolute Gasteiger partial charge is 0.444 e. The second-order valence-corrected chi connectivity index (χ2v) is 5.43. The zero-order chi connectivity index (χ0) is 15.5. The van der Waals surface area contributed by atoms with Gasteiger partial charge in [0.1, 0.15) is 11.9 Å². The van der Waals surface area contributed by atoms with E-state index in [1.807, 2.05) is 4.90 Å². The third-order valence-electron chi connectivity index (χ3n) is 3.96. The Kier molecular flexibility index (Phi) is 4.44. The van der Waals surface area contributed by atoms with Crippen molar-refractivity contribution in [3.63, 3.8) is 0 Å². The molecule has 0 aliphatic carbocycles. The van der Waals surface area contributed by atoms with Gasteiger partial charge in [-0.05, 0) is 31.2 Å². The van der Waals surface area contributed by atoms with Gasteiger partial charge in [-0.15, -0.1) is 0 Å².